The SMILES string of the molecule is CCC1CCC(CN)(N(CC)S(N)(=O)=O)CC1. The van der Waals surface area contributed by atoms with E-state index in [1.807, 2.05) is 6.92 Å². The number of likely N-dealkylation sites (N-methyl/N-ethyl adjacent to an activating group) is 1. The first-order chi connectivity index (χ1) is 7.89. The van der Waals surface area contributed by atoms with Crippen LogP contribution in [0.1, 0.15) is 46.0 Å². The van der Waals surface area contributed by atoms with Crippen LogP contribution in [0.3, 0.4) is 0 Å². The average molecular weight is 263 g/mol. The molecule has 17 heavy (non-hydrogen) atoms. The first-order valence-corrected chi connectivity index (χ1v) is 7.90. The number of hydrogen-bond donors (Lipinski definition) is 2. The van der Waals surface area contributed by atoms with E-state index in [9.17, 15) is 8.42 Å². The number of nitrogens with zero attached hydrogens (tertiary/aromatic N) is 1. The summed E-state index contributed by atoms with van der Waals surface area (Å²) in [6.45, 7) is 4.74. The molecule has 1 aliphatic carbocycles. The monoisotopic (exact) mass is 263 g/mol. The predicted molar refractivity (Wildman–Crippen MR) is 69.5 cm³/mol. The summed E-state index contributed by atoms with van der Waals surface area (Å²) in [6.07, 6.45) is 4.89. The smallest absolute Gasteiger partial charge is 0.277 e. The van der Waals surface area contributed by atoms with Crippen molar-refractivity contribution < 1.29 is 8.42 Å². The molecule has 0 aromatic heterocycles. The minimum Gasteiger partial charge on any atom is -0.329 e. The Balaban J connectivity index is 2.89. The van der Waals surface area contributed by atoms with Gasteiger partial charge in [0.15, 0.2) is 0 Å². The van der Waals surface area contributed by atoms with Gasteiger partial charge >= 0.3 is 0 Å². The zero-order valence-electron chi connectivity index (χ0n) is 10.9. The third-order valence-corrected chi connectivity index (χ3v) is 5.38. The van der Waals surface area contributed by atoms with Crippen LogP contribution in [0.25, 0.3) is 0 Å². The third kappa shape index (κ3) is 3.19. The van der Waals surface area contributed by atoms with Crippen molar-refractivity contribution in [1.82, 2.24) is 4.31 Å². The van der Waals surface area contributed by atoms with Gasteiger partial charge in [-0.2, -0.15) is 12.7 Å². The van der Waals surface area contributed by atoms with E-state index in [0.29, 0.717) is 19.0 Å². The summed E-state index contributed by atoms with van der Waals surface area (Å²) in [7, 11) is -3.66. The molecule has 102 valence electrons. The fourth-order valence-corrected chi connectivity index (χ4v) is 4.12. The topological polar surface area (TPSA) is 89.4 Å². The second-order valence-electron chi connectivity index (χ2n) is 4.99. The van der Waals surface area contributed by atoms with Crippen LogP contribution in [0.5, 0.6) is 0 Å². The Morgan fingerprint density at radius 2 is 1.82 bits per heavy atom. The maximum atomic E-state index is 11.6. The highest BCUT2D eigenvalue weighted by molar-refractivity contribution is 7.86. The van der Waals surface area contributed by atoms with Crippen molar-refractivity contribution in [3.63, 3.8) is 0 Å². The van der Waals surface area contributed by atoms with E-state index in [4.69, 9.17) is 10.9 Å². The van der Waals surface area contributed by atoms with Crippen molar-refractivity contribution in [3.8, 4) is 0 Å². The molecule has 0 heterocycles. The lowest BCUT2D eigenvalue weighted by molar-refractivity contribution is 0.114. The third-order valence-electron chi connectivity index (χ3n) is 4.12. The van der Waals surface area contributed by atoms with Crippen LogP contribution in [0.2, 0.25) is 0 Å². The molecule has 1 saturated carbocycles. The van der Waals surface area contributed by atoms with E-state index in [1.165, 1.54) is 4.31 Å². The van der Waals surface area contributed by atoms with Gasteiger partial charge in [0.2, 0.25) is 0 Å². The molecular formula is C11H25N3O2S. The van der Waals surface area contributed by atoms with Gasteiger partial charge in [-0.15, -0.1) is 0 Å². The van der Waals surface area contributed by atoms with Crippen molar-refractivity contribution >= 4 is 10.2 Å². The minimum absolute atomic E-state index is 0.355. The summed E-state index contributed by atoms with van der Waals surface area (Å²) in [6, 6.07) is 0. The quantitative estimate of drug-likeness (QED) is 0.769. The molecule has 4 N–H and O–H groups in total. The lowest BCUT2D eigenvalue weighted by atomic mass is 9.75. The molecule has 1 rings (SSSR count). The Morgan fingerprint density at radius 3 is 2.12 bits per heavy atom. The molecule has 0 unspecified atom stereocenters. The molecule has 6 heteroatoms. The van der Waals surface area contributed by atoms with Gasteiger partial charge in [-0.3, -0.25) is 0 Å². The van der Waals surface area contributed by atoms with Crippen LogP contribution in [0, 0.1) is 5.92 Å². The van der Waals surface area contributed by atoms with Crippen molar-refractivity contribution in [2.24, 2.45) is 16.8 Å². The molecule has 0 aliphatic heterocycles. The lowest BCUT2D eigenvalue weighted by Crippen LogP contribution is -2.59. The molecule has 5 nitrogen and oxygen atoms in total. The zero-order chi connectivity index (χ0) is 13.1. The van der Waals surface area contributed by atoms with Crippen molar-refractivity contribution in [1.29, 1.82) is 0 Å². The molecule has 0 atom stereocenters. The maximum Gasteiger partial charge on any atom is 0.277 e. The van der Waals surface area contributed by atoms with Crippen LogP contribution in [0.15, 0.2) is 0 Å². The number of rotatable bonds is 5. The van der Waals surface area contributed by atoms with Gasteiger partial charge in [-0.05, 0) is 31.6 Å². The number of nitrogens with two attached hydrogens (primary N) is 2. The average Bonchev–Trinajstić information content (AvgIpc) is 2.29. The van der Waals surface area contributed by atoms with Crippen LogP contribution >= 0.6 is 0 Å². The Labute approximate surface area is 105 Å². The fraction of sp³-hybridized carbons (Fsp3) is 1.00. The Hall–Kier alpha value is -0.170. The molecule has 0 amide bonds. The van der Waals surface area contributed by atoms with Gasteiger partial charge in [-0.25, -0.2) is 5.14 Å². The van der Waals surface area contributed by atoms with E-state index < -0.39 is 15.7 Å². The molecule has 0 spiro atoms. The van der Waals surface area contributed by atoms with Crippen LogP contribution in [-0.2, 0) is 10.2 Å². The summed E-state index contributed by atoms with van der Waals surface area (Å²) in [5, 5.41) is 5.29. The molecule has 0 aromatic rings. The Kier molecular flexibility index (Phi) is 4.95. The van der Waals surface area contributed by atoms with Gasteiger partial charge in [-0.1, -0.05) is 20.3 Å². The molecule has 1 aliphatic rings. The highest BCUT2D eigenvalue weighted by Crippen LogP contribution is 2.37. The minimum atomic E-state index is -3.66. The standard InChI is InChI=1S/C11H25N3O2S/c1-3-10-5-7-11(9-12,8-6-10)14(4-2)17(13,15)16/h10H,3-9,12H2,1-2H3,(H2,13,15,16). The summed E-state index contributed by atoms with van der Waals surface area (Å²) in [5.74, 6) is 0.703. The summed E-state index contributed by atoms with van der Waals surface area (Å²) < 4.78 is 24.6. The molecule has 0 bridgehead atoms. The van der Waals surface area contributed by atoms with E-state index in [-0.39, 0.29) is 0 Å². The normalized spacial score (nSPS) is 30.8. The fourth-order valence-electron chi connectivity index (χ4n) is 2.96. The zero-order valence-corrected chi connectivity index (χ0v) is 11.7. The van der Waals surface area contributed by atoms with E-state index in [1.54, 1.807) is 0 Å². The number of hydrogen-bond acceptors (Lipinski definition) is 3. The first-order valence-electron chi connectivity index (χ1n) is 6.40. The van der Waals surface area contributed by atoms with Gasteiger partial charge in [0.25, 0.3) is 10.2 Å². The second-order valence-corrected chi connectivity index (χ2v) is 6.46. The Bertz CT molecular complexity index is 335. The molecule has 1 fully saturated rings. The lowest BCUT2D eigenvalue weighted by Gasteiger charge is -2.45. The van der Waals surface area contributed by atoms with E-state index >= 15 is 0 Å². The molecular weight excluding hydrogens is 238 g/mol. The van der Waals surface area contributed by atoms with Crippen LogP contribution < -0.4 is 10.9 Å². The predicted octanol–water partition coefficient (Wildman–Crippen LogP) is 0.810. The second kappa shape index (κ2) is 5.65. The van der Waals surface area contributed by atoms with Gasteiger partial charge < -0.3 is 5.73 Å². The van der Waals surface area contributed by atoms with Crippen LogP contribution in [0.4, 0.5) is 0 Å². The van der Waals surface area contributed by atoms with Crippen molar-refractivity contribution in [2.75, 3.05) is 13.1 Å². The summed E-state index contributed by atoms with van der Waals surface area (Å²) in [4.78, 5) is 0. The first kappa shape index (κ1) is 14.9. The summed E-state index contributed by atoms with van der Waals surface area (Å²) in [5.41, 5.74) is 5.39. The summed E-state index contributed by atoms with van der Waals surface area (Å²) >= 11 is 0. The van der Waals surface area contributed by atoms with Crippen LogP contribution in [-0.4, -0.2) is 31.4 Å². The van der Waals surface area contributed by atoms with Gasteiger partial charge in [0, 0.05) is 18.6 Å². The maximum absolute atomic E-state index is 11.6. The van der Waals surface area contributed by atoms with E-state index in [0.717, 1.165) is 32.1 Å². The molecule has 0 saturated heterocycles. The van der Waals surface area contributed by atoms with Gasteiger partial charge in [0.1, 0.15) is 0 Å². The molecule has 0 aromatic carbocycles. The van der Waals surface area contributed by atoms with Crippen molar-refractivity contribution in [2.45, 2.75) is 51.5 Å². The highest BCUT2D eigenvalue weighted by atomic mass is 32.2. The molecule has 0 radical (unpaired) electrons. The van der Waals surface area contributed by atoms with Crippen molar-refractivity contribution in [3.05, 3.63) is 0 Å². The Morgan fingerprint density at radius 1 is 1.29 bits per heavy atom. The van der Waals surface area contributed by atoms with Gasteiger partial charge in [0.05, 0.1) is 0 Å². The largest absolute Gasteiger partial charge is 0.329 e. The highest BCUT2D eigenvalue weighted by Gasteiger charge is 2.42. The van der Waals surface area contributed by atoms with E-state index in [2.05, 4.69) is 6.92 Å².